The predicted molar refractivity (Wildman–Crippen MR) is 102 cm³/mol. The molecule has 1 aliphatic heterocycles. The highest BCUT2D eigenvalue weighted by atomic mass is 32.2. The van der Waals surface area contributed by atoms with E-state index in [1.807, 2.05) is 13.8 Å². The van der Waals surface area contributed by atoms with E-state index < -0.39 is 16.1 Å². The van der Waals surface area contributed by atoms with Gasteiger partial charge < -0.3 is 5.32 Å². The quantitative estimate of drug-likeness (QED) is 0.803. The number of carbonyl (C=O) groups excluding carboxylic acids is 1. The SMILES string of the molecule is CC[C@H](C)[C@@H](C(=O)Nc1ccc(N2CCCCS2(=O)=O)cc1)n1cnnn1. The first-order chi connectivity index (χ1) is 12.9. The normalized spacial score (nSPS) is 18.7. The molecule has 0 unspecified atom stereocenters. The van der Waals surface area contributed by atoms with E-state index in [1.165, 1.54) is 15.3 Å². The molecule has 2 aromatic rings. The molecule has 2 atom stereocenters. The van der Waals surface area contributed by atoms with Crippen LogP contribution in [0.15, 0.2) is 30.6 Å². The predicted octanol–water partition coefficient (Wildman–Crippen LogP) is 1.83. The lowest BCUT2D eigenvalue weighted by Gasteiger charge is -2.28. The van der Waals surface area contributed by atoms with Gasteiger partial charge in [0.1, 0.15) is 12.4 Å². The molecule has 0 spiro atoms. The average molecular weight is 392 g/mol. The minimum Gasteiger partial charge on any atom is -0.324 e. The summed E-state index contributed by atoms with van der Waals surface area (Å²) in [6, 6.07) is 6.34. The van der Waals surface area contributed by atoms with Crippen molar-refractivity contribution in [3.05, 3.63) is 30.6 Å². The van der Waals surface area contributed by atoms with E-state index in [1.54, 1.807) is 24.3 Å². The molecule has 1 fully saturated rings. The summed E-state index contributed by atoms with van der Waals surface area (Å²) in [6.45, 7) is 4.46. The number of tetrazole rings is 1. The molecule has 9 nitrogen and oxygen atoms in total. The van der Waals surface area contributed by atoms with Gasteiger partial charge in [-0.2, -0.15) is 0 Å². The fourth-order valence-corrected chi connectivity index (χ4v) is 4.80. The van der Waals surface area contributed by atoms with Gasteiger partial charge in [0.2, 0.25) is 15.9 Å². The van der Waals surface area contributed by atoms with Gasteiger partial charge in [0.25, 0.3) is 0 Å². The highest BCUT2D eigenvalue weighted by Gasteiger charge is 2.28. The number of aromatic nitrogens is 4. The van der Waals surface area contributed by atoms with Crippen LogP contribution in [-0.2, 0) is 14.8 Å². The number of nitrogens with one attached hydrogen (secondary N) is 1. The van der Waals surface area contributed by atoms with Gasteiger partial charge in [-0.15, -0.1) is 5.10 Å². The molecule has 3 rings (SSSR count). The Balaban J connectivity index is 1.74. The molecular formula is C17H24N6O3S. The third-order valence-corrected chi connectivity index (χ3v) is 6.74. The summed E-state index contributed by atoms with van der Waals surface area (Å²) in [7, 11) is -3.25. The number of anilines is 2. The molecule has 0 bridgehead atoms. The van der Waals surface area contributed by atoms with E-state index >= 15 is 0 Å². The Hall–Kier alpha value is -2.49. The molecule has 0 aliphatic carbocycles. The van der Waals surface area contributed by atoms with Gasteiger partial charge in [0.05, 0.1) is 11.4 Å². The van der Waals surface area contributed by atoms with Crippen molar-refractivity contribution in [2.75, 3.05) is 21.9 Å². The standard InChI is InChI=1S/C17H24N6O3S/c1-3-13(2)16(22-12-18-20-21-22)17(24)19-14-6-8-15(9-7-14)23-10-4-5-11-27(23,25)26/h6-9,12-13,16H,3-5,10-11H2,1-2H3,(H,19,24)/t13-,16-/m0/s1. The fourth-order valence-electron chi connectivity index (χ4n) is 3.16. The maximum absolute atomic E-state index is 12.8. The third-order valence-electron chi connectivity index (χ3n) is 4.87. The Bertz CT molecular complexity index is 867. The maximum atomic E-state index is 12.8. The molecule has 1 aromatic heterocycles. The number of benzene rings is 1. The van der Waals surface area contributed by atoms with Crippen LogP contribution in [0.5, 0.6) is 0 Å². The number of hydrogen-bond acceptors (Lipinski definition) is 6. The van der Waals surface area contributed by atoms with Crippen molar-refractivity contribution in [2.45, 2.75) is 39.2 Å². The van der Waals surface area contributed by atoms with E-state index in [4.69, 9.17) is 0 Å². The van der Waals surface area contributed by atoms with Crippen LogP contribution in [0, 0.1) is 5.92 Å². The van der Waals surface area contributed by atoms with Crippen LogP contribution < -0.4 is 9.62 Å². The van der Waals surface area contributed by atoms with Crippen LogP contribution >= 0.6 is 0 Å². The van der Waals surface area contributed by atoms with E-state index in [0.717, 1.165) is 12.8 Å². The third kappa shape index (κ3) is 4.26. The van der Waals surface area contributed by atoms with Gasteiger partial charge in [-0.05, 0) is 53.5 Å². The molecule has 0 saturated carbocycles. The summed E-state index contributed by atoms with van der Waals surface area (Å²) in [5.74, 6) is 0.00912. The Morgan fingerprint density at radius 1 is 1.26 bits per heavy atom. The summed E-state index contributed by atoms with van der Waals surface area (Å²) in [4.78, 5) is 12.8. The number of carbonyl (C=O) groups is 1. The second-order valence-corrected chi connectivity index (χ2v) is 8.76. The lowest BCUT2D eigenvalue weighted by molar-refractivity contribution is -0.121. The summed E-state index contributed by atoms with van der Waals surface area (Å²) in [6.07, 6.45) is 3.77. The lowest BCUT2D eigenvalue weighted by atomic mass is 9.98. The summed E-state index contributed by atoms with van der Waals surface area (Å²) < 4.78 is 27.3. The Labute approximate surface area is 158 Å². The van der Waals surface area contributed by atoms with Crippen LogP contribution in [0.25, 0.3) is 0 Å². The van der Waals surface area contributed by atoms with Crippen molar-refractivity contribution in [1.29, 1.82) is 0 Å². The van der Waals surface area contributed by atoms with Crippen molar-refractivity contribution < 1.29 is 13.2 Å². The zero-order valence-corrected chi connectivity index (χ0v) is 16.3. The van der Waals surface area contributed by atoms with Crippen molar-refractivity contribution in [3.63, 3.8) is 0 Å². The van der Waals surface area contributed by atoms with Crippen molar-refractivity contribution in [3.8, 4) is 0 Å². The van der Waals surface area contributed by atoms with Gasteiger partial charge in [0, 0.05) is 12.2 Å². The van der Waals surface area contributed by atoms with E-state index in [0.29, 0.717) is 24.3 Å². The molecule has 146 valence electrons. The molecule has 1 saturated heterocycles. The molecule has 1 aliphatic rings. The van der Waals surface area contributed by atoms with Crippen LogP contribution in [0.4, 0.5) is 11.4 Å². The van der Waals surface area contributed by atoms with Gasteiger partial charge in [-0.3, -0.25) is 9.10 Å². The first-order valence-electron chi connectivity index (χ1n) is 9.06. The molecule has 10 heteroatoms. The molecular weight excluding hydrogens is 368 g/mol. The van der Waals surface area contributed by atoms with Crippen molar-refractivity contribution in [1.82, 2.24) is 20.2 Å². The zero-order valence-electron chi connectivity index (χ0n) is 15.4. The highest BCUT2D eigenvalue weighted by Crippen LogP contribution is 2.26. The number of amides is 1. The molecule has 1 aromatic carbocycles. The van der Waals surface area contributed by atoms with E-state index in [2.05, 4.69) is 20.8 Å². The highest BCUT2D eigenvalue weighted by molar-refractivity contribution is 7.92. The molecule has 2 heterocycles. The first kappa shape index (κ1) is 19.3. The molecule has 27 heavy (non-hydrogen) atoms. The minimum atomic E-state index is -3.25. The summed E-state index contributed by atoms with van der Waals surface area (Å²) in [5, 5.41) is 14.0. The number of hydrogen-bond donors (Lipinski definition) is 1. The van der Waals surface area contributed by atoms with E-state index in [9.17, 15) is 13.2 Å². The van der Waals surface area contributed by atoms with Crippen LogP contribution in [0.1, 0.15) is 39.2 Å². The molecule has 0 radical (unpaired) electrons. The average Bonchev–Trinajstić information content (AvgIpc) is 3.16. The van der Waals surface area contributed by atoms with Gasteiger partial charge in [-0.25, -0.2) is 13.1 Å². The van der Waals surface area contributed by atoms with Gasteiger partial charge >= 0.3 is 0 Å². The number of nitrogens with zero attached hydrogens (tertiary/aromatic N) is 5. The topological polar surface area (TPSA) is 110 Å². The Morgan fingerprint density at radius 2 is 2.00 bits per heavy atom. The summed E-state index contributed by atoms with van der Waals surface area (Å²) >= 11 is 0. The van der Waals surface area contributed by atoms with Crippen LogP contribution in [0.3, 0.4) is 0 Å². The first-order valence-corrected chi connectivity index (χ1v) is 10.7. The summed E-state index contributed by atoms with van der Waals surface area (Å²) in [5.41, 5.74) is 1.21. The minimum absolute atomic E-state index is 0.0475. The second-order valence-electron chi connectivity index (χ2n) is 6.75. The van der Waals surface area contributed by atoms with Crippen LogP contribution in [-0.4, -0.2) is 46.8 Å². The Morgan fingerprint density at radius 3 is 2.59 bits per heavy atom. The van der Waals surface area contributed by atoms with Gasteiger partial charge in [-0.1, -0.05) is 20.3 Å². The lowest BCUT2D eigenvalue weighted by Crippen LogP contribution is -2.37. The molecule has 1 N–H and O–H groups in total. The number of sulfonamides is 1. The zero-order chi connectivity index (χ0) is 19.4. The maximum Gasteiger partial charge on any atom is 0.249 e. The van der Waals surface area contributed by atoms with Crippen molar-refractivity contribution in [2.24, 2.45) is 5.92 Å². The molecule has 1 amide bonds. The van der Waals surface area contributed by atoms with Crippen LogP contribution in [0.2, 0.25) is 0 Å². The second kappa shape index (κ2) is 8.03. The Kier molecular flexibility index (Phi) is 5.73. The van der Waals surface area contributed by atoms with E-state index in [-0.39, 0.29) is 17.6 Å². The smallest absolute Gasteiger partial charge is 0.249 e. The monoisotopic (exact) mass is 392 g/mol. The largest absolute Gasteiger partial charge is 0.324 e. The van der Waals surface area contributed by atoms with Gasteiger partial charge in [0.15, 0.2) is 0 Å². The fraction of sp³-hybridized carbons (Fsp3) is 0.529. The number of rotatable bonds is 6. The van der Waals surface area contributed by atoms with Crippen molar-refractivity contribution >= 4 is 27.3 Å².